The average Bonchev–Trinajstić information content (AvgIpc) is 3.59. The molecule has 5 rings (SSSR count). The SMILES string of the molecule is Cn1c(Cc2cccs2)nnc1SCC(=O)N1N=C(c2cccs2)C[C@H]1c1ccco1. The van der Waals surface area contributed by atoms with Crippen LogP contribution in [0.3, 0.4) is 0 Å². The molecule has 0 aliphatic carbocycles. The molecule has 1 aliphatic rings. The first-order valence-corrected chi connectivity index (χ1v) is 12.4. The monoisotopic (exact) mass is 469 g/mol. The lowest BCUT2D eigenvalue weighted by atomic mass is 10.1. The number of carbonyl (C=O) groups is 1. The Kier molecular flexibility index (Phi) is 5.75. The Morgan fingerprint density at radius 3 is 2.81 bits per heavy atom. The molecule has 0 bridgehead atoms. The second kappa shape index (κ2) is 8.81. The average molecular weight is 470 g/mol. The molecule has 0 unspecified atom stereocenters. The van der Waals surface area contributed by atoms with Crippen LogP contribution in [0.15, 0.2) is 68.1 Å². The molecule has 0 aromatic carbocycles. The van der Waals surface area contributed by atoms with Gasteiger partial charge < -0.3 is 8.98 Å². The van der Waals surface area contributed by atoms with Crippen LogP contribution in [0.2, 0.25) is 0 Å². The van der Waals surface area contributed by atoms with Gasteiger partial charge in [-0.25, -0.2) is 5.01 Å². The minimum Gasteiger partial charge on any atom is -0.467 e. The number of hydrazone groups is 1. The second-order valence-corrected chi connectivity index (χ2v) is 9.92. The van der Waals surface area contributed by atoms with Gasteiger partial charge in [-0.1, -0.05) is 23.9 Å². The molecule has 31 heavy (non-hydrogen) atoms. The minimum atomic E-state index is -0.228. The number of aromatic nitrogens is 3. The van der Waals surface area contributed by atoms with Crippen molar-refractivity contribution in [2.75, 3.05) is 5.75 Å². The van der Waals surface area contributed by atoms with Gasteiger partial charge in [0.05, 0.1) is 22.6 Å². The fraction of sp³-hybridized carbons (Fsp3) is 0.238. The summed E-state index contributed by atoms with van der Waals surface area (Å²) in [6, 6.07) is 11.6. The van der Waals surface area contributed by atoms with Gasteiger partial charge in [0, 0.05) is 24.8 Å². The van der Waals surface area contributed by atoms with E-state index in [4.69, 9.17) is 4.42 Å². The van der Waals surface area contributed by atoms with E-state index in [1.807, 2.05) is 47.3 Å². The molecule has 5 heterocycles. The van der Waals surface area contributed by atoms with Crippen molar-refractivity contribution in [3.63, 3.8) is 0 Å². The van der Waals surface area contributed by atoms with E-state index in [0.717, 1.165) is 33.8 Å². The van der Waals surface area contributed by atoms with Crippen LogP contribution in [-0.4, -0.2) is 37.1 Å². The van der Waals surface area contributed by atoms with Gasteiger partial charge >= 0.3 is 0 Å². The van der Waals surface area contributed by atoms with E-state index in [-0.39, 0.29) is 17.7 Å². The normalized spacial score (nSPS) is 16.1. The smallest absolute Gasteiger partial charge is 0.253 e. The molecule has 4 aromatic rings. The molecule has 4 aromatic heterocycles. The first kappa shape index (κ1) is 20.2. The quantitative estimate of drug-likeness (QED) is 0.370. The molecule has 1 amide bonds. The van der Waals surface area contributed by atoms with E-state index in [0.29, 0.717) is 6.42 Å². The van der Waals surface area contributed by atoms with Crippen molar-refractivity contribution in [2.24, 2.45) is 12.1 Å². The standard InChI is InChI=1S/C21H19N5O2S3/c1-25-19(11-14-5-3-9-29-14)22-23-21(25)31-13-20(27)26-16(17-6-2-8-28-17)12-15(24-26)18-7-4-10-30-18/h2-10,16H,11-13H2,1H3/t16-/m0/s1. The zero-order valence-electron chi connectivity index (χ0n) is 16.7. The molecule has 10 heteroatoms. The van der Waals surface area contributed by atoms with E-state index >= 15 is 0 Å². The molecule has 0 saturated heterocycles. The number of nitrogens with zero attached hydrogens (tertiary/aromatic N) is 5. The summed E-state index contributed by atoms with van der Waals surface area (Å²) in [7, 11) is 1.93. The Labute approximate surface area is 191 Å². The molecule has 0 spiro atoms. The summed E-state index contributed by atoms with van der Waals surface area (Å²) in [6.07, 6.45) is 3.00. The van der Waals surface area contributed by atoms with Crippen molar-refractivity contribution in [3.05, 3.63) is 74.8 Å². The number of hydrogen-bond acceptors (Lipinski definition) is 8. The van der Waals surface area contributed by atoms with Crippen molar-refractivity contribution < 1.29 is 9.21 Å². The van der Waals surface area contributed by atoms with E-state index in [1.54, 1.807) is 33.9 Å². The molecule has 158 valence electrons. The Hall–Kier alpha value is -2.69. The molecule has 0 radical (unpaired) electrons. The van der Waals surface area contributed by atoms with E-state index in [1.165, 1.54) is 16.6 Å². The number of furan rings is 1. The molecule has 7 nitrogen and oxygen atoms in total. The Morgan fingerprint density at radius 1 is 1.19 bits per heavy atom. The van der Waals surface area contributed by atoms with Gasteiger partial charge in [0.15, 0.2) is 5.16 Å². The van der Waals surface area contributed by atoms with Crippen molar-refractivity contribution in [2.45, 2.75) is 24.0 Å². The van der Waals surface area contributed by atoms with Crippen LogP contribution in [-0.2, 0) is 18.3 Å². The zero-order valence-corrected chi connectivity index (χ0v) is 19.1. The molecular weight excluding hydrogens is 450 g/mol. The summed E-state index contributed by atoms with van der Waals surface area (Å²) in [5.74, 6) is 1.76. The third-order valence-corrected chi connectivity index (χ3v) is 7.81. The number of thioether (sulfide) groups is 1. The summed E-state index contributed by atoms with van der Waals surface area (Å²) < 4.78 is 7.55. The van der Waals surface area contributed by atoms with Gasteiger partial charge in [-0.15, -0.1) is 32.9 Å². The summed E-state index contributed by atoms with van der Waals surface area (Å²) in [4.78, 5) is 15.4. The lowest BCUT2D eigenvalue weighted by Crippen LogP contribution is -2.28. The summed E-state index contributed by atoms with van der Waals surface area (Å²) in [5.41, 5.74) is 0.909. The number of carbonyl (C=O) groups excluding carboxylic acids is 1. The zero-order chi connectivity index (χ0) is 21.2. The van der Waals surface area contributed by atoms with Crippen molar-refractivity contribution in [1.29, 1.82) is 0 Å². The van der Waals surface area contributed by atoms with Crippen molar-refractivity contribution >= 4 is 46.1 Å². The highest BCUT2D eigenvalue weighted by Crippen LogP contribution is 2.34. The van der Waals surface area contributed by atoms with Gasteiger partial charge in [-0.2, -0.15) is 5.10 Å². The van der Waals surface area contributed by atoms with Crippen molar-refractivity contribution in [1.82, 2.24) is 19.8 Å². The maximum atomic E-state index is 13.1. The van der Waals surface area contributed by atoms with Crippen molar-refractivity contribution in [3.8, 4) is 0 Å². The molecule has 1 atom stereocenters. The minimum absolute atomic E-state index is 0.0826. The molecular formula is C21H19N5O2S3. The predicted octanol–water partition coefficient (Wildman–Crippen LogP) is 4.59. The summed E-state index contributed by atoms with van der Waals surface area (Å²) in [6.45, 7) is 0. The van der Waals surface area contributed by atoms with Gasteiger partial charge in [-0.3, -0.25) is 4.79 Å². The Balaban J connectivity index is 1.30. The number of amides is 1. The topological polar surface area (TPSA) is 76.5 Å². The third-order valence-electron chi connectivity index (χ3n) is 5.01. The second-order valence-electron chi connectivity index (χ2n) is 7.00. The van der Waals surface area contributed by atoms with Crippen LogP contribution in [0.1, 0.15) is 33.8 Å². The summed E-state index contributed by atoms with van der Waals surface area (Å²) >= 11 is 4.70. The van der Waals surface area contributed by atoms with E-state index < -0.39 is 0 Å². The van der Waals surface area contributed by atoms with Crippen LogP contribution in [0.4, 0.5) is 0 Å². The van der Waals surface area contributed by atoms with Crippen LogP contribution in [0.5, 0.6) is 0 Å². The van der Waals surface area contributed by atoms with Gasteiger partial charge in [-0.05, 0) is 35.0 Å². The summed E-state index contributed by atoms with van der Waals surface area (Å²) in [5, 5.41) is 19.6. The Bertz CT molecular complexity index is 1180. The lowest BCUT2D eigenvalue weighted by molar-refractivity contribution is -0.130. The fourth-order valence-electron chi connectivity index (χ4n) is 3.42. The Morgan fingerprint density at radius 2 is 2.06 bits per heavy atom. The van der Waals surface area contributed by atoms with Gasteiger partial charge in [0.1, 0.15) is 17.6 Å². The largest absolute Gasteiger partial charge is 0.467 e. The highest BCUT2D eigenvalue weighted by Gasteiger charge is 2.35. The third kappa shape index (κ3) is 4.23. The first-order chi connectivity index (χ1) is 15.2. The number of thiophene rings is 2. The fourth-order valence-corrected chi connectivity index (χ4v) is 5.63. The molecule has 1 aliphatic heterocycles. The maximum absolute atomic E-state index is 13.1. The molecule has 0 N–H and O–H groups in total. The van der Waals surface area contributed by atoms with Crippen LogP contribution in [0.25, 0.3) is 0 Å². The van der Waals surface area contributed by atoms with E-state index in [2.05, 4.69) is 26.7 Å². The van der Waals surface area contributed by atoms with E-state index in [9.17, 15) is 4.79 Å². The highest BCUT2D eigenvalue weighted by atomic mass is 32.2. The van der Waals surface area contributed by atoms with Crippen LogP contribution in [0, 0.1) is 0 Å². The highest BCUT2D eigenvalue weighted by molar-refractivity contribution is 7.99. The van der Waals surface area contributed by atoms with Crippen LogP contribution >= 0.6 is 34.4 Å². The van der Waals surface area contributed by atoms with Gasteiger partial charge in [0.2, 0.25) is 0 Å². The number of rotatable bonds is 7. The first-order valence-electron chi connectivity index (χ1n) is 9.69. The predicted molar refractivity (Wildman–Crippen MR) is 123 cm³/mol. The van der Waals surface area contributed by atoms with Gasteiger partial charge in [0.25, 0.3) is 5.91 Å². The number of hydrogen-bond donors (Lipinski definition) is 0. The lowest BCUT2D eigenvalue weighted by Gasteiger charge is -2.19. The maximum Gasteiger partial charge on any atom is 0.253 e. The molecule has 0 saturated carbocycles. The van der Waals surface area contributed by atoms with Crippen LogP contribution < -0.4 is 0 Å². The molecule has 0 fully saturated rings.